The van der Waals surface area contributed by atoms with Gasteiger partial charge in [0.25, 0.3) is 0 Å². The summed E-state index contributed by atoms with van der Waals surface area (Å²) in [6.07, 6.45) is 5.64. The van der Waals surface area contributed by atoms with Gasteiger partial charge in [0, 0.05) is 19.9 Å². The molecule has 0 aliphatic heterocycles. The maximum Gasteiger partial charge on any atom is 0.0631 e. The molecule has 1 fully saturated rings. The quantitative estimate of drug-likeness (QED) is 0.576. The number of hydrogen-bond acceptors (Lipinski definition) is 4. The van der Waals surface area contributed by atoms with E-state index in [1.165, 1.54) is 0 Å². The van der Waals surface area contributed by atoms with E-state index in [9.17, 15) is 0 Å². The molecule has 1 heterocycles. The van der Waals surface area contributed by atoms with Crippen LogP contribution < -0.4 is 11.3 Å². The Hall–Kier alpha value is -0.910. The highest BCUT2D eigenvalue weighted by Crippen LogP contribution is 2.36. The monoisotopic (exact) mass is 238 g/mol. The summed E-state index contributed by atoms with van der Waals surface area (Å²) in [7, 11) is 1.95. The van der Waals surface area contributed by atoms with Crippen LogP contribution >= 0.6 is 0 Å². The Morgan fingerprint density at radius 2 is 2.41 bits per heavy atom. The third-order valence-corrected chi connectivity index (χ3v) is 3.58. The summed E-state index contributed by atoms with van der Waals surface area (Å²) < 4.78 is 7.45. The van der Waals surface area contributed by atoms with Crippen LogP contribution in [0, 0.1) is 5.92 Å². The first-order chi connectivity index (χ1) is 8.24. The summed E-state index contributed by atoms with van der Waals surface area (Å²) in [6.45, 7) is 2.87. The van der Waals surface area contributed by atoms with Gasteiger partial charge in [0.2, 0.25) is 0 Å². The number of aryl methyl sites for hydroxylation is 1. The minimum Gasteiger partial charge on any atom is -0.378 e. The van der Waals surface area contributed by atoms with E-state index in [0.29, 0.717) is 12.0 Å². The van der Waals surface area contributed by atoms with Crippen LogP contribution in [0.3, 0.4) is 0 Å². The highest BCUT2D eigenvalue weighted by atomic mass is 16.5. The molecule has 96 valence electrons. The van der Waals surface area contributed by atoms with Gasteiger partial charge in [-0.05, 0) is 38.2 Å². The van der Waals surface area contributed by atoms with Gasteiger partial charge in [0.05, 0.1) is 17.8 Å². The Kier molecular flexibility index (Phi) is 4.15. The molecule has 0 spiro atoms. The van der Waals surface area contributed by atoms with E-state index in [1.807, 2.05) is 30.9 Å². The molecule has 3 N–H and O–H groups in total. The van der Waals surface area contributed by atoms with Crippen molar-refractivity contribution in [3.05, 3.63) is 18.0 Å². The topological polar surface area (TPSA) is 65.1 Å². The highest BCUT2D eigenvalue weighted by molar-refractivity contribution is 5.07. The normalized spacial score (nSPS) is 25.6. The van der Waals surface area contributed by atoms with E-state index in [0.717, 1.165) is 31.6 Å². The minimum atomic E-state index is 0.190. The van der Waals surface area contributed by atoms with Crippen molar-refractivity contribution in [1.29, 1.82) is 0 Å². The fourth-order valence-electron chi connectivity index (χ4n) is 2.57. The molecule has 0 amide bonds. The number of rotatable bonds is 6. The molecule has 0 radical (unpaired) electrons. The van der Waals surface area contributed by atoms with Crippen molar-refractivity contribution in [2.45, 2.75) is 38.3 Å². The summed E-state index contributed by atoms with van der Waals surface area (Å²) in [5.74, 6) is 6.34. The Bertz CT molecular complexity index is 346. The van der Waals surface area contributed by atoms with Gasteiger partial charge >= 0.3 is 0 Å². The average Bonchev–Trinajstić information content (AvgIpc) is 2.68. The van der Waals surface area contributed by atoms with Crippen LogP contribution in [0.1, 0.15) is 37.9 Å². The molecule has 5 nitrogen and oxygen atoms in total. The van der Waals surface area contributed by atoms with Crippen molar-refractivity contribution >= 4 is 0 Å². The lowest BCUT2D eigenvalue weighted by atomic mass is 9.78. The van der Waals surface area contributed by atoms with Crippen molar-refractivity contribution in [1.82, 2.24) is 15.2 Å². The predicted octanol–water partition coefficient (Wildman–Crippen LogP) is 1.13. The molecule has 5 heteroatoms. The standard InChI is InChI=1S/C12H22N4O/c1-3-17-10-6-9(7-10)8-11(15-13)12-4-5-14-16(12)2/h4-5,9-11,15H,3,6-8,13H2,1-2H3. The van der Waals surface area contributed by atoms with Crippen LogP contribution in [0.25, 0.3) is 0 Å². The summed E-state index contributed by atoms with van der Waals surface area (Å²) >= 11 is 0. The van der Waals surface area contributed by atoms with Crippen molar-refractivity contribution in [2.24, 2.45) is 18.8 Å². The van der Waals surface area contributed by atoms with Gasteiger partial charge in [-0.1, -0.05) is 0 Å². The van der Waals surface area contributed by atoms with Gasteiger partial charge in [-0.3, -0.25) is 16.0 Å². The molecule has 1 unspecified atom stereocenters. The van der Waals surface area contributed by atoms with Crippen LogP contribution in [0.15, 0.2) is 12.3 Å². The SMILES string of the molecule is CCOC1CC(CC(NN)c2ccnn2C)C1. The molecule has 0 bridgehead atoms. The van der Waals surface area contributed by atoms with Gasteiger partial charge in [0.15, 0.2) is 0 Å². The van der Waals surface area contributed by atoms with Crippen molar-refractivity contribution in [3.63, 3.8) is 0 Å². The van der Waals surface area contributed by atoms with Crippen LogP contribution in [0.2, 0.25) is 0 Å². The van der Waals surface area contributed by atoms with Gasteiger partial charge < -0.3 is 4.74 Å². The largest absolute Gasteiger partial charge is 0.378 e. The molecule has 2 rings (SSSR count). The first-order valence-corrected chi connectivity index (χ1v) is 6.30. The number of nitrogens with one attached hydrogen (secondary N) is 1. The third kappa shape index (κ3) is 2.86. The van der Waals surface area contributed by atoms with Crippen LogP contribution in [-0.2, 0) is 11.8 Å². The van der Waals surface area contributed by atoms with Crippen LogP contribution in [0.4, 0.5) is 0 Å². The predicted molar refractivity (Wildman–Crippen MR) is 66.0 cm³/mol. The lowest BCUT2D eigenvalue weighted by Gasteiger charge is -2.36. The zero-order chi connectivity index (χ0) is 12.3. The zero-order valence-electron chi connectivity index (χ0n) is 10.6. The third-order valence-electron chi connectivity index (χ3n) is 3.58. The molecular formula is C12H22N4O. The van der Waals surface area contributed by atoms with Crippen molar-refractivity contribution in [2.75, 3.05) is 6.61 Å². The van der Waals surface area contributed by atoms with Crippen molar-refractivity contribution in [3.8, 4) is 0 Å². The summed E-state index contributed by atoms with van der Waals surface area (Å²) in [4.78, 5) is 0. The Balaban J connectivity index is 1.84. The number of nitrogens with zero attached hydrogens (tertiary/aromatic N) is 2. The Morgan fingerprint density at radius 3 is 2.94 bits per heavy atom. The molecule has 1 aliphatic rings. The number of hydrazine groups is 1. The molecular weight excluding hydrogens is 216 g/mol. The van der Waals surface area contributed by atoms with E-state index in [-0.39, 0.29) is 6.04 Å². The van der Waals surface area contributed by atoms with Crippen molar-refractivity contribution < 1.29 is 4.74 Å². The van der Waals surface area contributed by atoms with Crippen LogP contribution in [-0.4, -0.2) is 22.5 Å². The second-order valence-corrected chi connectivity index (χ2v) is 4.75. The van der Waals surface area contributed by atoms with Gasteiger partial charge in [0.1, 0.15) is 0 Å². The smallest absolute Gasteiger partial charge is 0.0631 e. The van der Waals surface area contributed by atoms with E-state index < -0.39 is 0 Å². The summed E-state index contributed by atoms with van der Waals surface area (Å²) in [6, 6.07) is 2.21. The first-order valence-electron chi connectivity index (χ1n) is 6.30. The zero-order valence-corrected chi connectivity index (χ0v) is 10.6. The average molecular weight is 238 g/mol. The molecule has 1 saturated carbocycles. The fraction of sp³-hybridized carbons (Fsp3) is 0.750. The number of nitrogens with two attached hydrogens (primary N) is 1. The molecule has 0 saturated heterocycles. The second-order valence-electron chi connectivity index (χ2n) is 4.75. The molecule has 0 aromatic carbocycles. The maximum absolute atomic E-state index is 5.63. The van der Waals surface area contributed by atoms with E-state index in [2.05, 4.69) is 10.5 Å². The van der Waals surface area contributed by atoms with E-state index in [1.54, 1.807) is 0 Å². The number of aromatic nitrogens is 2. The molecule has 1 aromatic heterocycles. The second kappa shape index (κ2) is 5.62. The van der Waals surface area contributed by atoms with E-state index >= 15 is 0 Å². The molecule has 1 aliphatic carbocycles. The van der Waals surface area contributed by atoms with E-state index in [4.69, 9.17) is 10.6 Å². The lowest BCUT2D eigenvalue weighted by molar-refractivity contribution is -0.0293. The lowest BCUT2D eigenvalue weighted by Crippen LogP contribution is -2.37. The fourth-order valence-corrected chi connectivity index (χ4v) is 2.57. The Labute approximate surface area is 102 Å². The van der Waals surface area contributed by atoms with Crippen LogP contribution in [0.5, 0.6) is 0 Å². The first kappa shape index (κ1) is 12.5. The number of ether oxygens (including phenoxy) is 1. The Morgan fingerprint density at radius 1 is 1.65 bits per heavy atom. The number of hydrogen-bond donors (Lipinski definition) is 2. The van der Waals surface area contributed by atoms with Gasteiger partial charge in [-0.25, -0.2) is 0 Å². The highest BCUT2D eigenvalue weighted by Gasteiger charge is 2.32. The molecule has 1 atom stereocenters. The molecule has 17 heavy (non-hydrogen) atoms. The van der Waals surface area contributed by atoms with Gasteiger partial charge in [-0.2, -0.15) is 5.10 Å². The van der Waals surface area contributed by atoms with Gasteiger partial charge in [-0.15, -0.1) is 0 Å². The molecule has 1 aromatic rings. The summed E-state index contributed by atoms with van der Waals surface area (Å²) in [5.41, 5.74) is 4.04. The summed E-state index contributed by atoms with van der Waals surface area (Å²) in [5, 5.41) is 4.18. The maximum atomic E-state index is 5.63. The minimum absolute atomic E-state index is 0.190.